The van der Waals surface area contributed by atoms with Crippen LogP contribution in [0.2, 0.25) is 0 Å². The van der Waals surface area contributed by atoms with Crippen LogP contribution in [0.25, 0.3) is 0 Å². The molecule has 18 heavy (non-hydrogen) atoms. The van der Waals surface area contributed by atoms with E-state index in [4.69, 9.17) is 4.42 Å². The third kappa shape index (κ3) is 4.45. The fourth-order valence-electron chi connectivity index (χ4n) is 2.54. The zero-order valence-electron chi connectivity index (χ0n) is 12.0. The van der Waals surface area contributed by atoms with E-state index in [-0.39, 0.29) is 5.54 Å². The summed E-state index contributed by atoms with van der Waals surface area (Å²) in [6.45, 7) is 7.17. The van der Waals surface area contributed by atoms with E-state index in [1.54, 1.807) is 0 Å². The largest absolute Gasteiger partial charge is 0.444 e. The monoisotopic (exact) mass is 250 g/mol. The van der Waals surface area contributed by atoms with Crippen LogP contribution >= 0.6 is 0 Å². The van der Waals surface area contributed by atoms with Crippen molar-refractivity contribution in [1.29, 1.82) is 0 Å². The number of hydrogen-bond donors (Lipinski definition) is 1. The van der Waals surface area contributed by atoms with E-state index in [2.05, 4.69) is 31.1 Å². The molecule has 3 heteroatoms. The van der Waals surface area contributed by atoms with Crippen LogP contribution in [0.4, 0.5) is 0 Å². The van der Waals surface area contributed by atoms with Gasteiger partial charge in [-0.2, -0.15) is 0 Å². The van der Waals surface area contributed by atoms with Crippen LogP contribution in [-0.2, 0) is 13.0 Å². The lowest BCUT2D eigenvalue weighted by Crippen LogP contribution is -2.35. The molecule has 0 amide bonds. The Kier molecular flexibility index (Phi) is 4.44. The molecule has 0 unspecified atom stereocenters. The minimum absolute atomic E-state index is 0.109. The van der Waals surface area contributed by atoms with Crippen LogP contribution in [0.3, 0.4) is 0 Å². The second kappa shape index (κ2) is 5.87. The average molecular weight is 250 g/mol. The van der Waals surface area contributed by atoms with E-state index in [1.165, 1.54) is 32.1 Å². The molecule has 0 aromatic carbocycles. The highest BCUT2D eigenvalue weighted by Crippen LogP contribution is 2.27. The smallest absolute Gasteiger partial charge is 0.208 e. The normalized spacial score (nSPS) is 18.2. The Morgan fingerprint density at radius 2 is 2.00 bits per heavy atom. The summed E-state index contributed by atoms with van der Waals surface area (Å²) in [5.74, 6) is 2.69. The summed E-state index contributed by atoms with van der Waals surface area (Å²) in [4.78, 5) is 4.36. The molecule has 0 atom stereocenters. The van der Waals surface area contributed by atoms with Gasteiger partial charge in [-0.1, -0.05) is 32.1 Å². The van der Waals surface area contributed by atoms with Crippen molar-refractivity contribution in [2.75, 3.05) is 0 Å². The predicted molar refractivity (Wildman–Crippen MR) is 73.4 cm³/mol. The van der Waals surface area contributed by atoms with Gasteiger partial charge in [0.15, 0.2) is 0 Å². The van der Waals surface area contributed by atoms with Crippen molar-refractivity contribution in [2.24, 2.45) is 5.92 Å². The zero-order valence-corrected chi connectivity index (χ0v) is 12.0. The maximum absolute atomic E-state index is 5.81. The van der Waals surface area contributed by atoms with Crippen molar-refractivity contribution in [1.82, 2.24) is 10.3 Å². The minimum atomic E-state index is 0.109. The van der Waals surface area contributed by atoms with Gasteiger partial charge in [0, 0.05) is 12.0 Å². The molecule has 0 spiro atoms. The van der Waals surface area contributed by atoms with Crippen molar-refractivity contribution in [3.63, 3.8) is 0 Å². The Labute approximate surface area is 110 Å². The first-order valence-electron chi connectivity index (χ1n) is 7.21. The molecule has 1 saturated carbocycles. The van der Waals surface area contributed by atoms with Gasteiger partial charge in [0.1, 0.15) is 5.76 Å². The highest BCUT2D eigenvalue weighted by atomic mass is 16.4. The lowest BCUT2D eigenvalue weighted by atomic mass is 9.86. The van der Waals surface area contributed by atoms with Crippen LogP contribution in [0.5, 0.6) is 0 Å². The molecule has 1 aliphatic rings. The highest BCUT2D eigenvalue weighted by Gasteiger charge is 2.17. The Morgan fingerprint density at radius 3 is 2.67 bits per heavy atom. The molecule has 2 rings (SSSR count). The first-order valence-corrected chi connectivity index (χ1v) is 7.21. The molecule has 1 aliphatic carbocycles. The molecule has 1 heterocycles. The lowest BCUT2D eigenvalue weighted by Gasteiger charge is -2.20. The van der Waals surface area contributed by atoms with Crippen LogP contribution in [0, 0.1) is 5.92 Å². The molecule has 1 N–H and O–H groups in total. The van der Waals surface area contributed by atoms with Gasteiger partial charge in [-0.25, -0.2) is 4.98 Å². The van der Waals surface area contributed by atoms with Gasteiger partial charge in [0.25, 0.3) is 0 Å². The molecule has 1 aromatic heterocycles. The number of oxazole rings is 1. The topological polar surface area (TPSA) is 38.1 Å². The fraction of sp³-hybridized carbons (Fsp3) is 0.800. The van der Waals surface area contributed by atoms with Gasteiger partial charge in [-0.3, -0.25) is 0 Å². The SMILES string of the molecule is CC(C)(C)NCc1ncc(CC2CCCCC2)o1. The summed E-state index contributed by atoms with van der Waals surface area (Å²) in [5.41, 5.74) is 0.109. The predicted octanol–water partition coefficient (Wildman–Crippen LogP) is 3.69. The van der Waals surface area contributed by atoms with E-state index in [1.807, 2.05) is 6.20 Å². The first-order chi connectivity index (χ1) is 8.53. The van der Waals surface area contributed by atoms with Crippen LogP contribution in [0.15, 0.2) is 10.6 Å². The van der Waals surface area contributed by atoms with E-state index in [9.17, 15) is 0 Å². The number of nitrogens with zero attached hydrogens (tertiary/aromatic N) is 1. The summed E-state index contributed by atoms with van der Waals surface area (Å²) < 4.78 is 5.81. The maximum atomic E-state index is 5.81. The van der Waals surface area contributed by atoms with Crippen LogP contribution in [-0.4, -0.2) is 10.5 Å². The van der Waals surface area contributed by atoms with Gasteiger partial charge in [-0.15, -0.1) is 0 Å². The fourth-order valence-corrected chi connectivity index (χ4v) is 2.54. The van der Waals surface area contributed by atoms with E-state index < -0.39 is 0 Å². The molecule has 3 nitrogen and oxygen atoms in total. The van der Waals surface area contributed by atoms with Gasteiger partial charge >= 0.3 is 0 Å². The van der Waals surface area contributed by atoms with Crippen LogP contribution in [0.1, 0.15) is 64.5 Å². The van der Waals surface area contributed by atoms with Crippen LogP contribution < -0.4 is 5.32 Å². The van der Waals surface area contributed by atoms with E-state index >= 15 is 0 Å². The zero-order chi connectivity index (χ0) is 13.0. The average Bonchev–Trinajstić information content (AvgIpc) is 2.75. The molecule has 0 radical (unpaired) electrons. The Morgan fingerprint density at radius 1 is 1.28 bits per heavy atom. The summed E-state index contributed by atoms with van der Waals surface area (Å²) in [5, 5.41) is 3.40. The summed E-state index contributed by atoms with van der Waals surface area (Å²) in [6, 6.07) is 0. The van der Waals surface area contributed by atoms with Gasteiger partial charge in [0.2, 0.25) is 5.89 Å². The molecule has 0 bridgehead atoms. The molecule has 0 saturated heterocycles. The standard InChI is InChI=1S/C15H26N2O/c1-15(2,3)17-11-14-16-10-13(18-14)9-12-7-5-4-6-8-12/h10,12,17H,4-9,11H2,1-3H3. The Balaban J connectivity index is 1.82. The summed E-state index contributed by atoms with van der Waals surface area (Å²) >= 11 is 0. The van der Waals surface area contributed by atoms with E-state index in [0.29, 0.717) is 6.54 Å². The third-order valence-corrected chi connectivity index (χ3v) is 3.59. The molecular weight excluding hydrogens is 224 g/mol. The highest BCUT2D eigenvalue weighted by molar-refractivity contribution is 4.96. The quantitative estimate of drug-likeness (QED) is 0.885. The van der Waals surface area contributed by atoms with E-state index in [0.717, 1.165) is 24.0 Å². The van der Waals surface area contributed by atoms with Crippen molar-refractivity contribution in [3.05, 3.63) is 17.8 Å². The van der Waals surface area contributed by atoms with Crippen molar-refractivity contribution in [2.45, 2.75) is 71.4 Å². The summed E-state index contributed by atoms with van der Waals surface area (Å²) in [6.07, 6.45) is 9.88. The summed E-state index contributed by atoms with van der Waals surface area (Å²) in [7, 11) is 0. The van der Waals surface area contributed by atoms with Gasteiger partial charge in [-0.05, 0) is 26.7 Å². The number of hydrogen-bond acceptors (Lipinski definition) is 3. The van der Waals surface area contributed by atoms with Gasteiger partial charge < -0.3 is 9.73 Å². The first kappa shape index (κ1) is 13.6. The van der Waals surface area contributed by atoms with Crippen molar-refractivity contribution in [3.8, 4) is 0 Å². The molecule has 102 valence electrons. The van der Waals surface area contributed by atoms with Gasteiger partial charge in [0.05, 0.1) is 12.7 Å². The number of nitrogens with one attached hydrogen (secondary N) is 1. The second-order valence-electron chi connectivity index (χ2n) is 6.53. The Hall–Kier alpha value is -0.830. The van der Waals surface area contributed by atoms with Crippen molar-refractivity contribution < 1.29 is 4.42 Å². The number of rotatable bonds is 4. The molecular formula is C15H26N2O. The third-order valence-electron chi connectivity index (χ3n) is 3.59. The lowest BCUT2D eigenvalue weighted by molar-refractivity contribution is 0.321. The molecule has 1 aromatic rings. The second-order valence-corrected chi connectivity index (χ2v) is 6.53. The molecule has 0 aliphatic heterocycles. The maximum Gasteiger partial charge on any atom is 0.208 e. The minimum Gasteiger partial charge on any atom is -0.444 e. The Bertz CT molecular complexity index is 359. The number of aromatic nitrogens is 1. The molecule has 1 fully saturated rings. The van der Waals surface area contributed by atoms with Crippen molar-refractivity contribution >= 4 is 0 Å².